The maximum atomic E-state index is 5.60. The van der Waals surface area contributed by atoms with E-state index in [-0.39, 0.29) is 0 Å². The number of hydrogen-bond donors (Lipinski definition) is 1. The van der Waals surface area contributed by atoms with E-state index in [1.54, 1.807) is 0 Å². The van der Waals surface area contributed by atoms with Crippen LogP contribution >= 0.6 is 0 Å². The van der Waals surface area contributed by atoms with Gasteiger partial charge in [0.2, 0.25) is 0 Å². The number of hydrogen-bond acceptors (Lipinski definition) is 2. The van der Waals surface area contributed by atoms with Crippen molar-refractivity contribution in [3.05, 3.63) is 71.5 Å². The molecule has 3 aromatic rings. The van der Waals surface area contributed by atoms with E-state index in [1.807, 2.05) is 6.07 Å². The smallest absolute Gasteiger partial charge is 0.137 e. The van der Waals surface area contributed by atoms with Crippen LogP contribution in [0, 0.1) is 13.8 Å². The van der Waals surface area contributed by atoms with Gasteiger partial charge in [0.05, 0.1) is 5.69 Å². The van der Waals surface area contributed by atoms with E-state index in [2.05, 4.69) is 66.9 Å². The Morgan fingerprint density at radius 2 is 1.59 bits per heavy atom. The van der Waals surface area contributed by atoms with E-state index >= 15 is 0 Å². The van der Waals surface area contributed by atoms with E-state index in [4.69, 9.17) is 10.7 Å². The molecule has 0 unspecified atom stereocenters. The Morgan fingerprint density at radius 1 is 0.909 bits per heavy atom. The Morgan fingerprint density at radius 3 is 2.23 bits per heavy atom. The van der Waals surface area contributed by atoms with Crippen LogP contribution in [0.4, 0.5) is 0 Å². The van der Waals surface area contributed by atoms with Gasteiger partial charge in [-0.2, -0.15) is 0 Å². The molecule has 0 atom stereocenters. The minimum absolute atomic E-state index is 0.680. The summed E-state index contributed by atoms with van der Waals surface area (Å²) in [5.74, 6) is 0.962. The highest BCUT2D eigenvalue weighted by Gasteiger charge is 2.07. The summed E-state index contributed by atoms with van der Waals surface area (Å²) >= 11 is 0. The standard InChI is InChI=1S/C19H21N3/c1-14-6-7-15(2)22(14)19-5-3-4-18(21-19)17-10-8-16(9-11-17)12-13-20/h3-11H,12-13,20H2,1-2H3. The van der Waals surface area contributed by atoms with Crippen molar-refractivity contribution < 1.29 is 0 Å². The molecule has 3 nitrogen and oxygen atoms in total. The Bertz CT molecular complexity index is 750. The number of benzene rings is 1. The summed E-state index contributed by atoms with van der Waals surface area (Å²) in [6.45, 7) is 4.88. The highest BCUT2D eigenvalue weighted by Crippen LogP contribution is 2.21. The molecule has 22 heavy (non-hydrogen) atoms. The molecule has 2 N–H and O–H groups in total. The van der Waals surface area contributed by atoms with Crippen LogP contribution in [0.25, 0.3) is 17.1 Å². The molecule has 0 aliphatic rings. The van der Waals surface area contributed by atoms with Crippen molar-refractivity contribution >= 4 is 0 Å². The molecule has 0 saturated heterocycles. The van der Waals surface area contributed by atoms with Gasteiger partial charge in [-0.25, -0.2) is 4.98 Å². The van der Waals surface area contributed by atoms with E-state index in [1.165, 1.54) is 17.0 Å². The molecule has 0 amide bonds. The molecule has 0 aliphatic carbocycles. The van der Waals surface area contributed by atoms with Crippen molar-refractivity contribution in [2.45, 2.75) is 20.3 Å². The van der Waals surface area contributed by atoms with E-state index in [0.717, 1.165) is 23.5 Å². The summed E-state index contributed by atoms with van der Waals surface area (Å²) in [7, 11) is 0. The highest BCUT2D eigenvalue weighted by atomic mass is 15.1. The Labute approximate surface area is 131 Å². The van der Waals surface area contributed by atoms with Crippen LogP contribution in [-0.4, -0.2) is 16.1 Å². The van der Waals surface area contributed by atoms with Gasteiger partial charge in [-0.3, -0.25) is 0 Å². The maximum absolute atomic E-state index is 5.60. The summed E-state index contributed by atoms with van der Waals surface area (Å²) in [5, 5.41) is 0. The first-order valence-electron chi connectivity index (χ1n) is 7.61. The molecule has 0 radical (unpaired) electrons. The van der Waals surface area contributed by atoms with Crippen molar-refractivity contribution in [1.29, 1.82) is 0 Å². The van der Waals surface area contributed by atoms with Crippen molar-refractivity contribution in [3.8, 4) is 17.1 Å². The van der Waals surface area contributed by atoms with Crippen LogP contribution in [0.2, 0.25) is 0 Å². The second kappa shape index (κ2) is 6.16. The van der Waals surface area contributed by atoms with Crippen LogP contribution in [0.15, 0.2) is 54.6 Å². The number of aromatic nitrogens is 2. The monoisotopic (exact) mass is 291 g/mol. The van der Waals surface area contributed by atoms with E-state index in [0.29, 0.717) is 6.54 Å². The first kappa shape index (κ1) is 14.5. The number of aryl methyl sites for hydroxylation is 2. The quantitative estimate of drug-likeness (QED) is 0.797. The van der Waals surface area contributed by atoms with Gasteiger partial charge in [-0.15, -0.1) is 0 Å². The Kier molecular flexibility index (Phi) is 4.07. The van der Waals surface area contributed by atoms with Crippen molar-refractivity contribution in [1.82, 2.24) is 9.55 Å². The predicted molar refractivity (Wildman–Crippen MR) is 91.2 cm³/mol. The molecular formula is C19H21N3. The summed E-state index contributed by atoms with van der Waals surface area (Å²) in [5.41, 5.74) is 11.4. The van der Waals surface area contributed by atoms with Crippen LogP contribution in [0.1, 0.15) is 17.0 Å². The zero-order valence-electron chi connectivity index (χ0n) is 13.1. The average molecular weight is 291 g/mol. The maximum Gasteiger partial charge on any atom is 0.137 e. The van der Waals surface area contributed by atoms with E-state index in [9.17, 15) is 0 Å². The normalized spacial score (nSPS) is 10.9. The molecule has 0 bridgehead atoms. The third kappa shape index (κ3) is 2.81. The topological polar surface area (TPSA) is 43.8 Å². The fourth-order valence-corrected chi connectivity index (χ4v) is 2.75. The lowest BCUT2D eigenvalue weighted by molar-refractivity contribution is 0.924. The number of pyridine rings is 1. The highest BCUT2D eigenvalue weighted by molar-refractivity contribution is 5.60. The molecule has 3 rings (SSSR count). The lowest BCUT2D eigenvalue weighted by Gasteiger charge is -2.10. The predicted octanol–water partition coefficient (Wildman–Crippen LogP) is 3.66. The minimum Gasteiger partial charge on any atom is -0.330 e. The Balaban J connectivity index is 1.97. The molecule has 2 aromatic heterocycles. The van der Waals surface area contributed by atoms with Crippen LogP contribution in [0.3, 0.4) is 0 Å². The van der Waals surface area contributed by atoms with Crippen LogP contribution < -0.4 is 5.73 Å². The third-order valence-corrected chi connectivity index (χ3v) is 3.92. The van der Waals surface area contributed by atoms with Gasteiger partial charge in [0, 0.05) is 17.0 Å². The number of nitrogens with two attached hydrogens (primary N) is 1. The number of rotatable bonds is 4. The molecule has 0 saturated carbocycles. The number of nitrogens with zero attached hydrogens (tertiary/aromatic N) is 2. The molecule has 0 fully saturated rings. The van der Waals surface area contributed by atoms with Gasteiger partial charge in [0.25, 0.3) is 0 Å². The molecule has 2 heterocycles. The second-order valence-corrected chi connectivity index (χ2v) is 5.57. The Hall–Kier alpha value is -2.39. The minimum atomic E-state index is 0.680. The molecular weight excluding hydrogens is 270 g/mol. The molecule has 3 heteroatoms. The van der Waals surface area contributed by atoms with Gasteiger partial charge < -0.3 is 10.3 Å². The lowest BCUT2D eigenvalue weighted by atomic mass is 10.1. The van der Waals surface area contributed by atoms with Gasteiger partial charge in [-0.05, 0) is 56.6 Å². The molecule has 112 valence electrons. The van der Waals surface area contributed by atoms with Crippen molar-refractivity contribution in [3.63, 3.8) is 0 Å². The largest absolute Gasteiger partial charge is 0.330 e. The fraction of sp³-hybridized carbons (Fsp3) is 0.211. The summed E-state index contributed by atoms with van der Waals surface area (Å²) in [6, 6.07) is 18.9. The van der Waals surface area contributed by atoms with Gasteiger partial charge in [0.1, 0.15) is 5.82 Å². The summed E-state index contributed by atoms with van der Waals surface area (Å²) in [6.07, 6.45) is 0.912. The lowest BCUT2D eigenvalue weighted by Crippen LogP contribution is -2.03. The van der Waals surface area contributed by atoms with Crippen molar-refractivity contribution in [2.24, 2.45) is 5.73 Å². The average Bonchev–Trinajstić information content (AvgIpc) is 2.87. The first-order chi connectivity index (χ1) is 10.7. The van der Waals surface area contributed by atoms with E-state index < -0.39 is 0 Å². The summed E-state index contributed by atoms with van der Waals surface area (Å²) in [4.78, 5) is 4.82. The van der Waals surface area contributed by atoms with Crippen LogP contribution in [-0.2, 0) is 6.42 Å². The zero-order chi connectivity index (χ0) is 15.5. The van der Waals surface area contributed by atoms with Crippen molar-refractivity contribution in [2.75, 3.05) is 6.54 Å². The second-order valence-electron chi connectivity index (χ2n) is 5.57. The molecule has 1 aromatic carbocycles. The van der Waals surface area contributed by atoms with Gasteiger partial charge in [-0.1, -0.05) is 30.3 Å². The summed E-state index contributed by atoms with van der Waals surface area (Å²) < 4.78 is 2.17. The third-order valence-electron chi connectivity index (χ3n) is 3.92. The van der Waals surface area contributed by atoms with Gasteiger partial charge >= 0.3 is 0 Å². The first-order valence-corrected chi connectivity index (χ1v) is 7.61. The molecule has 0 spiro atoms. The molecule has 0 aliphatic heterocycles. The fourth-order valence-electron chi connectivity index (χ4n) is 2.75. The SMILES string of the molecule is Cc1ccc(C)n1-c1cccc(-c2ccc(CCN)cc2)n1. The van der Waals surface area contributed by atoms with Gasteiger partial charge in [0.15, 0.2) is 0 Å². The zero-order valence-corrected chi connectivity index (χ0v) is 13.1. The van der Waals surface area contributed by atoms with Crippen LogP contribution in [0.5, 0.6) is 0 Å².